The van der Waals surface area contributed by atoms with Crippen molar-refractivity contribution in [2.45, 2.75) is 64.5 Å². The van der Waals surface area contributed by atoms with Gasteiger partial charge in [0.2, 0.25) is 5.91 Å². The Morgan fingerprint density at radius 2 is 1.77 bits per heavy atom. The molecule has 0 aliphatic heterocycles. The van der Waals surface area contributed by atoms with E-state index in [1.807, 2.05) is 6.92 Å². The first kappa shape index (κ1) is 20.1. The third-order valence-electron chi connectivity index (χ3n) is 7.56. The molecule has 4 bridgehead atoms. The largest absolute Gasteiger partial charge is 0.355 e. The maximum Gasteiger partial charge on any atom is 0.230 e. The van der Waals surface area contributed by atoms with Crippen LogP contribution in [0.1, 0.15) is 55.5 Å². The molecular formula is C24H32N4OS. The van der Waals surface area contributed by atoms with Crippen LogP contribution < -0.4 is 5.32 Å². The molecule has 0 spiro atoms. The van der Waals surface area contributed by atoms with Crippen LogP contribution in [0.25, 0.3) is 5.69 Å². The molecular weight excluding hydrogens is 392 g/mol. The highest BCUT2D eigenvalue weighted by Gasteiger charge is 2.50. The highest BCUT2D eigenvalue weighted by Crippen LogP contribution is 2.59. The van der Waals surface area contributed by atoms with Gasteiger partial charge in [0, 0.05) is 6.54 Å². The van der Waals surface area contributed by atoms with Crippen LogP contribution in [0, 0.1) is 43.9 Å². The number of nitrogens with one attached hydrogen (secondary N) is 1. The molecule has 1 heterocycles. The Balaban J connectivity index is 1.22. The van der Waals surface area contributed by atoms with Gasteiger partial charge in [0.1, 0.15) is 5.82 Å². The molecule has 4 aliphatic carbocycles. The summed E-state index contributed by atoms with van der Waals surface area (Å²) in [5.74, 6) is 4.10. The zero-order valence-electron chi connectivity index (χ0n) is 18.3. The summed E-state index contributed by atoms with van der Waals surface area (Å²) in [6.45, 7) is 7.01. The molecule has 1 N–H and O–H groups in total. The highest BCUT2D eigenvalue weighted by molar-refractivity contribution is 7.99. The van der Waals surface area contributed by atoms with Crippen molar-refractivity contribution >= 4 is 17.7 Å². The standard InChI is InChI=1S/C24H32N4OS/c1-15-4-5-16(2)21(6-15)28-17(3)26-27-23(28)30-13-22(29)25-14-24-10-18-7-19(11-24)9-20(8-18)12-24/h4-6,18-20H,7-14H2,1-3H3,(H,25,29). The average molecular weight is 425 g/mol. The maximum atomic E-state index is 12.7. The molecule has 160 valence electrons. The third kappa shape index (κ3) is 3.79. The Kier molecular flexibility index (Phi) is 5.16. The molecule has 30 heavy (non-hydrogen) atoms. The lowest BCUT2D eigenvalue weighted by Crippen LogP contribution is -2.51. The van der Waals surface area contributed by atoms with Crippen LogP contribution in [0.5, 0.6) is 0 Å². The molecule has 5 nitrogen and oxygen atoms in total. The van der Waals surface area contributed by atoms with E-state index in [1.165, 1.54) is 61.4 Å². The highest BCUT2D eigenvalue weighted by atomic mass is 32.2. The summed E-state index contributed by atoms with van der Waals surface area (Å²) in [6.07, 6.45) is 8.30. The zero-order chi connectivity index (χ0) is 20.9. The minimum atomic E-state index is 0.115. The summed E-state index contributed by atoms with van der Waals surface area (Å²) in [4.78, 5) is 12.7. The van der Waals surface area contributed by atoms with Crippen LogP contribution in [0.2, 0.25) is 0 Å². The summed E-state index contributed by atoms with van der Waals surface area (Å²) < 4.78 is 2.07. The molecule has 0 unspecified atom stereocenters. The fourth-order valence-electron chi connectivity index (χ4n) is 6.65. The number of carbonyl (C=O) groups excluding carboxylic acids is 1. The molecule has 0 saturated heterocycles. The minimum Gasteiger partial charge on any atom is -0.355 e. The van der Waals surface area contributed by atoms with Gasteiger partial charge in [-0.25, -0.2) is 0 Å². The van der Waals surface area contributed by atoms with E-state index in [0.29, 0.717) is 11.2 Å². The number of rotatable bonds is 6. The van der Waals surface area contributed by atoms with Crippen molar-refractivity contribution in [3.63, 3.8) is 0 Å². The normalized spacial score (nSPS) is 29.4. The van der Waals surface area contributed by atoms with Crippen molar-refractivity contribution in [3.8, 4) is 5.69 Å². The van der Waals surface area contributed by atoms with Crippen LogP contribution in [0.4, 0.5) is 0 Å². The molecule has 6 heteroatoms. The van der Waals surface area contributed by atoms with Gasteiger partial charge in [-0.2, -0.15) is 0 Å². The summed E-state index contributed by atoms with van der Waals surface area (Å²) in [5, 5.41) is 12.7. The Morgan fingerprint density at radius 1 is 1.10 bits per heavy atom. The van der Waals surface area contributed by atoms with E-state index in [-0.39, 0.29) is 5.91 Å². The number of aromatic nitrogens is 3. The number of carbonyl (C=O) groups is 1. The Morgan fingerprint density at radius 3 is 2.43 bits per heavy atom. The minimum absolute atomic E-state index is 0.115. The molecule has 6 rings (SSSR count). The van der Waals surface area contributed by atoms with Crippen molar-refractivity contribution in [1.82, 2.24) is 20.1 Å². The number of benzene rings is 1. The molecule has 4 saturated carbocycles. The number of aryl methyl sites for hydroxylation is 3. The third-order valence-corrected chi connectivity index (χ3v) is 8.49. The summed E-state index contributed by atoms with van der Waals surface area (Å²) in [7, 11) is 0. The molecule has 4 aliphatic rings. The van der Waals surface area contributed by atoms with Crippen molar-refractivity contribution < 1.29 is 4.79 Å². The molecule has 1 aromatic heterocycles. The van der Waals surface area contributed by atoms with Gasteiger partial charge in [0.05, 0.1) is 11.4 Å². The van der Waals surface area contributed by atoms with E-state index in [2.05, 4.69) is 52.1 Å². The first-order valence-electron chi connectivity index (χ1n) is 11.3. The lowest BCUT2D eigenvalue weighted by atomic mass is 9.49. The second-order valence-electron chi connectivity index (χ2n) is 10.1. The van der Waals surface area contributed by atoms with E-state index < -0.39 is 0 Å². The number of amides is 1. The van der Waals surface area contributed by atoms with Gasteiger partial charge in [0.25, 0.3) is 0 Å². The van der Waals surface area contributed by atoms with Crippen molar-refractivity contribution in [3.05, 3.63) is 35.2 Å². The van der Waals surface area contributed by atoms with Crippen LogP contribution in [0.15, 0.2) is 23.4 Å². The fraction of sp³-hybridized carbons (Fsp3) is 0.625. The van der Waals surface area contributed by atoms with Gasteiger partial charge < -0.3 is 5.32 Å². The molecule has 0 radical (unpaired) electrons. The number of hydrogen-bond acceptors (Lipinski definition) is 4. The number of nitrogens with zero attached hydrogens (tertiary/aromatic N) is 3. The molecule has 1 aromatic carbocycles. The van der Waals surface area contributed by atoms with Gasteiger partial charge in [-0.05, 0) is 99.7 Å². The second kappa shape index (κ2) is 7.70. The number of hydrogen-bond donors (Lipinski definition) is 1. The van der Waals surface area contributed by atoms with Gasteiger partial charge in [-0.15, -0.1) is 10.2 Å². The van der Waals surface area contributed by atoms with E-state index in [4.69, 9.17) is 0 Å². The van der Waals surface area contributed by atoms with Gasteiger partial charge in [-0.3, -0.25) is 9.36 Å². The van der Waals surface area contributed by atoms with Crippen molar-refractivity contribution in [2.75, 3.05) is 12.3 Å². The van der Waals surface area contributed by atoms with E-state index in [1.54, 1.807) is 0 Å². The first-order chi connectivity index (χ1) is 14.4. The van der Waals surface area contributed by atoms with E-state index in [0.717, 1.165) is 41.0 Å². The topological polar surface area (TPSA) is 59.8 Å². The van der Waals surface area contributed by atoms with Crippen molar-refractivity contribution in [2.24, 2.45) is 23.2 Å². The maximum absolute atomic E-state index is 12.7. The zero-order valence-corrected chi connectivity index (χ0v) is 19.1. The summed E-state index contributed by atoms with van der Waals surface area (Å²) in [6, 6.07) is 6.39. The Hall–Kier alpha value is -1.82. The molecule has 1 amide bonds. The van der Waals surface area contributed by atoms with Gasteiger partial charge in [0.15, 0.2) is 5.16 Å². The predicted molar refractivity (Wildman–Crippen MR) is 120 cm³/mol. The van der Waals surface area contributed by atoms with E-state index in [9.17, 15) is 4.79 Å². The monoisotopic (exact) mass is 424 g/mol. The molecule has 4 fully saturated rings. The molecule has 2 aromatic rings. The molecule has 0 atom stereocenters. The summed E-state index contributed by atoms with van der Waals surface area (Å²) >= 11 is 1.48. The quantitative estimate of drug-likeness (QED) is 0.688. The Bertz CT molecular complexity index is 931. The lowest BCUT2D eigenvalue weighted by molar-refractivity contribution is -0.120. The van der Waals surface area contributed by atoms with Crippen LogP contribution >= 0.6 is 11.8 Å². The smallest absolute Gasteiger partial charge is 0.230 e. The Labute approximate surface area is 183 Å². The van der Waals surface area contributed by atoms with Crippen molar-refractivity contribution in [1.29, 1.82) is 0 Å². The predicted octanol–water partition coefficient (Wildman–Crippen LogP) is 4.62. The lowest BCUT2D eigenvalue weighted by Gasteiger charge is -2.56. The first-order valence-corrected chi connectivity index (χ1v) is 12.3. The van der Waals surface area contributed by atoms with Gasteiger partial charge in [-0.1, -0.05) is 23.9 Å². The van der Waals surface area contributed by atoms with Crippen LogP contribution in [-0.4, -0.2) is 33.0 Å². The fourth-order valence-corrected chi connectivity index (χ4v) is 7.47. The summed E-state index contributed by atoms with van der Waals surface area (Å²) in [5.41, 5.74) is 3.85. The van der Waals surface area contributed by atoms with Gasteiger partial charge >= 0.3 is 0 Å². The van der Waals surface area contributed by atoms with Crippen LogP contribution in [-0.2, 0) is 4.79 Å². The second-order valence-corrected chi connectivity index (χ2v) is 11.1. The van der Waals surface area contributed by atoms with E-state index >= 15 is 0 Å². The SMILES string of the molecule is Cc1ccc(C)c(-n2c(C)nnc2SCC(=O)NCC23CC4CC(CC(C4)C2)C3)c1. The average Bonchev–Trinajstić information content (AvgIpc) is 3.06. The van der Waals surface area contributed by atoms with Crippen LogP contribution in [0.3, 0.4) is 0 Å². The number of thioether (sulfide) groups is 1.